The van der Waals surface area contributed by atoms with E-state index in [1.54, 1.807) is 14.0 Å². The van der Waals surface area contributed by atoms with Crippen LogP contribution in [-0.4, -0.2) is 33.7 Å². The van der Waals surface area contributed by atoms with Gasteiger partial charge in [0, 0.05) is 24.6 Å². The van der Waals surface area contributed by atoms with Gasteiger partial charge < -0.3 is 20.1 Å². The minimum absolute atomic E-state index is 0.0677. The van der Waals surface area contributed by atoms with Gasteiger partial charge in [-0.25, -0.2) is 4.39 Å². The molecular weight excluding hydrogens is 251 g/mol. The highest BCUT2D eigenvalue weighted by Crippen LogP contribution is 2.32. The molecule has 0 aromatic heterocycles. The minimum Gasteiger partial charge on any atom is -0.494 e. The molecule has 0 fully saturated rings. The number of amides is 1. The van der Waals surface area contributed by atoms with Gasteiger partial charge in [-0.15, -0.1) is 0 Å². The SMILES string of the molecule is CNCC(C)C(=O)Nc1cc(F)c(OC)cc1OC. The Labute approximate surface area is 112 Å². The average molecular weight is 270 g/mol. The summed E-state index contributed by atoms with van der Waals surface area (Å²) < 4.78 is 23.6. The number of ether oxygens (including phenoxy) is 2. The van der Waals surface area contributed by atoms with E-state index in [2.05, 4.69) is 10.6 Å². The van der Waals surface area contributed by atoms with E-state index in [4.69, 9.17) is 9.47 Å². The Morgan fingerprint density at radius 1 is 1.32 bits per heavy atom. The third-order valence-corrected chi connectivity index (χ3v) is 2.69. The summed E-state index contributed by atoms with van der Waals surface area (Å²) >= 11 is 0. The van der Waals surface area contributed by atoms with Crippen molar-refractivity contribution in [3.63, 3.8) is 0 Å². The van der Waals surface area contributed by atoms with Crippen LogP contribution in [0.15, 0.2) is 12.1 Å². The van der Waals surface area contributed by atoms with Crippen molar-refractivity contribution in [2.75, 3.05) is 33.1 Å². The Bertz CT molecular complexity index is 452. The topological polar surface area (TPSA) is 59.6 Å². The van der Waals surface area contributed by atoms with Crippen LogP contribution in [0.1, 0.15) is 6.92 Å². The van der Waals surface area contributed by atoms with Crippen LogP contribution in [-0.2, 0) is 4.79 Å². The van der Waals surface area contributed by atoms with E-state index in [1.165, 1.54) is 26.4 Å². The van der Waals surface area contributed by atoms with Crippen molar-refractivity contribution in [2.24, 2.45) is 5.92 Å². The standard InChI is InChI=1S/C13H19FN2O3/c1-8(7-15-2)13(17)16-10-5-9(14)11(18-3)6-12(10)19-4/h5-6,8,15H,7H2,1-4H3,(H,16,17). The third-order valence-electron chi connectivity index (χ3n) is 2.69. The molecule has 0 spiro atoms. The van der Waals surface area contributed by atoms with Crippen LogP contribution in [0.2, 0.25) is 0 Å². The molecule has 1 atom stereocenters. The molecule has 0 radical (unpaired) electrons. The molecule has 2 N–H and O–H groups in total. The first kappa shape index (κ1) is 15.2. The second-order valence-electron chi connectivity index (χ2n) is 4.14. The van der Waals surface area contributed by atoms with Crippen LogP contribution < -0.4 is 20.1 Å². The Hall–Kier alpha value is -1.82. The number of carbonyl (C=O) groups is 1. The van der Waals surface area contributed by atoms with Crippen LogP contribution >= 0.6 is 0 Å². The number of halogens is 1. The van der Waals surface area contributed by atoms with Crippen molar-refractivity contribution < 1.29 is 18.7 Å². The molecule has 0 bridgehead atoms. The number of anilines is 1. The molecule has 106 valence electrons. The largest absolute Gasteiger partial charge is 0.494 e. The molecule has 6 heteroatoms. The maximum atomic E-state index is 13.6. The lowest BCUT2D eigenvalue weighted by atomic mass is 10.1. The molecule has 0 aliphatic heterocycles. The molecular formula is C13H19FN2O3. The van der Waals surface area contributed by atoms with E-state index in [1.807, 2.05) is 0 Å². The number of hydrogen-bond acceptors (Lipinski definition) is 4. The first-order valence-corrected chi connectivity index (χ1v) is 5.90. The molecule has 0 aliphatic carbocycles. The summed E-state index contributed by atoms with van der Waals surface area (Å²) in [5.41, 5.74) is 0.286. The van der Waals surface area contributed by atoms with E-state index in [0.29, 0.717) is 12.3 Å². The number of carbonyl (C=O) groups excluding carboxylic acids is 1. The van der Waals surface area contributed by atoms with Gasteiger partial charge in [0.25, 0.3) is 0 Å². The first-order valence-electron chi connectivity index (χ1n) is 5.90. The second-order valence-corrected chi connectivity index (χ2v) is 4.14. The van der Waals surface area contributed by atoms with Crippen molar-refractivity contribution in [1.82, 2.24) is 5.32 Å². The number of nitrogens with one attached hydrogen (secondary N) is 2. The Balaban J connectivity index is 2.94. The number of methoxy groups -OCH3 is 2. The van der Waals surface area contributed by atoms with Crippen molar-refractivity contribution >= 4 is 11.6 Å². The van der Waals surface area contributed by atoms with Crippen molar-refractivity contribution in [3.8, 4) is 11.5 Å². The van der Waals surface area contributed by atoms with Crippen LogP contribution in [0.4, 0.5) is 10.1 Å². The fourth-order valence-corrected chi connectivity index (χ4v) is 1.61. The summed E-state index contributed by atoms with van der Waals surface area (Å²) in [4.78, 5) is 11.9. The second kappa shape index (κ2) is 6.94. The molecule has 1 rings (SSSR count). The zero-order chi connectivity index (χ0) is 14.4. The Morgan fingerprint density at radius 2 is 1.95 bits per heavy atom. The molecule has 5 nitrogen and oxygen atoms in total. The molecule has 0 saturated carbocycles. The van der Waals surface area contributed by atoms with Gasteiger partial charge in [0.05, 0.1) is 19.9 Å². The molecule has 1 unspecified atom stereocenters. The minimum atomic E-state index is -0.556. The lowest BCUT2D eigenvalue weighted by molar-refractivity contribution is -0.119. The predicted octanol–water partition coefficient (Wildman–Crippen LogP) is 1.64. The van der Waals surface area contributed by atoms with Gasteiger partial charge in [-0.1, -0.05) is 6.92 Å². The van der Waals surface area contributed by atoms with E-state index >= 15 is 0 Å². The third kappa shape index (κ3) is 3.82. The van der Waals surface area contributed by atoms with E-state index in [-0.39, 0.29) is 23.3 Å². The summed E-state index contributed by atoms with van der Waals surface area (Å²) in [7, 11) is 4.57. The molecule has 0 aliphatic rings. The highest BCUT2D eigenvalue weighted by molar-refractivity contribution is 5.94. The average Bonchev–Trinajstić information content (AvgIpc) is 2.39. The molecule has 0 saturated heterocycles. The van der Waals surface area contributed by atoms with Gasteiger partial charge in [0.15, 0.2) is 11.6 Å². The van der Waals surface area contributed by atoms with Gasteiger partial charge in [-0.2, -0.15) is 0 Å². The van der Waals surface area contributed by atoms with Gasteiger partial charge >= 0.3 is 0 Å². The lowest BCUT2D eigenvalue weighted by Crippen LogP contribution is -2.28. The lowest BCUT2D eigenvalue weighted by Gasteiger charge is -2.15. The Morgan fingerprint density at radius 3 is 2.47 bits per heavy atom. The van der Waals surface area contributed by atoms with Gasteiger partial charge in [0.2, 0.25) is 5.91 Å². The van der Waals surface area contributed by atoms with Crippen LogP contribution in [0.3, 0.4) is 0 Å². The maximum absolute atomic E-state index is 13.6. The number of benzene rings is 1. The van der Waals surface area contributed by atoms with Gasteiger partial charge in [-0.3, -0.25) is 4.79 Å². The molecule has 0 heterocycles. The van der Waals surface area contributed by atoms with Crippen molar-refractivity contribution in [1.29, 1.82) is 0 Å². The highest BCUT2D eigenvalue weighted by atomic mass is 19.1. The van der Waals surface area contributed by atoms with Crippen LogP contribution in [0.25, 0.3) is 0 Å². The smallest absolute Gasteiger partial charge is 0.228 e. The van der Waals surface area contributed by atoms with E-state index in [0.717, 1.165) is 0 Å². The fourth-order valence-electron chi connectivity index (χ4n) is 1.61. The zero-order valence-electron chi connectivity index (χ0n) is 11.5. The van der Waals surface area contributed by atoms with Gasteiger partial charge in [-0.05, 0) is 7.05 Å². The molecule has 1 aromatic rings. The van der Waals surface area contributed by atoms with E-state index < -0.39 is 5.82 Å². The predicted molar refractivity (Wildman–Crippen MR) is 71.2 cm³/mol. The molecule has 1 amide bonds. The number of rotatable bonds is 6. The summed E-state index contributed by atoms with van der Waals surface area (Å²) in [6.45, 7) is 2.31. The van der Waals surface area contributed by atoms with Crippen molar-refractivity contribution in [2.45, 2.75) is 6.92 Å². The van der Waals surface area contributed by atoms with E-state index in [9.17, 15) is 9.18 Å². The first-order chi connectivity index (χ1) is 9.03. The number of hydrogen-bond donors (Lipinski definition) is 2. The summed E-state index contributed by atoms with van der Waals surface area (Å²) in [6.07, 6.45) is 0. The van der Waals surface area contributed by atoms with Crippen molar-refractivity contribution in [3.05, 3.63) is 17.9 Å². The summed E-state index contributed by atoms with van der Waals surface area (Å²) in [5, 5.41) is 5.54. The molecule has 1 aromatic carbocycles. The highest BCUT2D eigenvalue weighted by Gasteiger charge is 2.16. The fraction of sp³-hybridized carbons (Fsp3) is 0.462. The molecule has 19 heavy (non-hydrogen) atoms. The zero-order valence-corrected chi connectivity index (χ0v) is 11.5. The van der Waals surface area contributed by atoms with Crippen LogP contribution in [0.5, 0.6) is 11.5 Å². The summed E-state index contributed by atoms with van der Waals surface area (Å²) in [6, 6.07) is 2.58. The maximum Gasteiger partial charge on any atom is 0.228 e. The summed E-state index contributed by atoms with van der Waals surface area (Å²) in [5.74, 6) is -0.585. The quantitative estimate of drug-likeness (QED) is 0.825. The monoisotopic (exact) mass is 270 g/mol. The Kier molecular flexibility index (Phi) is 5.57. The normalized spacial score (nSPS) is 11.8. The van der Waals surface area contributed by atoms with Crippen LogP contribution in [0, 0.1) is 11.7 Å². The van der Waals surface area contributed by atoms with Gasteiger partial charge in [0.1, 0.15) is 5.75 Å².